The van der Waals surface area contributed by atoms with E-state index in [1.54, 1.807) is 30.5 Å². The van der Waals surface area contributed by atoms with Gasteiger partial charge in [0.15, 0.2) is 11.5 Å². The minimum Gasteiger partial charge on any atom is -0.494 e. The Bertz CT molecular complexity index is 1470. The number of H-pyrrole nitrogens is 1. The fourth-order valence-electron chi connectivity index (χ4n) is 4.24. The van der Waals surface area contributed by atoms with E-state index in [2.05, 4.69) is 30.8 Å². The maximum Gasteiger partial charge on any atom is 0.269 e. The number of carbonyl (C=O) groups is 3. The third-order valence-corrected chi connectivity index (χ3v) is 5.88. The summed E-state index contributed by atoms with van der Waals surface area (Å²) >= 11 is 0. The maximum atomic E-state index is 14.3. The standard InChI is InChI=1S/C22H20FN9O4/c23-13-6-16(22(36)27-17-7-18(33)29-28-17)31(9-13)19(34)10-32-15-2-1-11(12-3-4-25-26-8-12)5-14(15)20(30-32)21(24)35/h1-5,7-8,13,16H,6,9-10H2,(H2,24,35)(H3,27,28,29,33,36). The third kappa shape index (κ3) is 4.31. The Balaban J connectivity index is 1.41. The van der Waals surface area contributed by atoms with Gasteiger partial charge in [0.25, 0.3) is 5.91 Å². The van der Waals surface area contributed by atoms with Crippen molar-refractivity contribution in [2.75, 3.05) is 11.9 Å². The lowest BCUT2D eigenvalue weighted by atomic mass is 10.0. The number of alkyl halides is 1. The molecule has 1 aliphatic heterocycles. The first-order chi connectivity index (χ1) is 17.3. The molecule has 1 saturated heterocycles. The Labute approximate surface area is 202 Å². The quantitative estimate of drug-likeness (QED) is 0.301. The number of amides is 3. The average molecular weight is 493 g/mol. The highest BCUT2D eigenvalue weighted by molar-refractivity contribution is 6.05. The number of fused-ring (bicyclic) bond motifs is 1. The molecule has 4 heterocycles. The van der Waals surface area contributed by atoms with E-state index in [0.717, 1.165) is 16.0 Å². The highest BCUT2D eigenvalue weighted by Gasteiger charge is 2.40. The molecule has 1 fully saturated rings. The summed E-state index contributed by atoms with van der Waals surface area (Å²) in [6.07, 6.45) is 1.51. The lowest BCUT2D eigenvalue weighted by Crippen LogP contribution is -2.44. The molecule has 1 aromatic carbocycles. The zero-order chi connectivity index (χ0) is 25.4. The van der Waals surface area contributed by atoms with Crippen LogP contribution in [0.5, 0.6) is 5.88 Å². The van der Waals surface area contributed by atoms with Crippen molar-refractivity contribution in [2.45, 2.75) is 25.2 Å². The number of nitrogens with two attached hydrogens (primary N) is 1. The number of rotatable bonds is 6. The first-order valence-corrected chi connectivity index (χ1v) is 10.9. The average Bonchev–Trinajstić information content (AvgIpc) is 3.56. The van der Waals surface area contributed by atoms with Gasteiger partial charge in [0.1, 0.15) is 18.8 Å². The molecule has 2 atom stereocenters. The Kier molecular flexibility index (Phi) is 5.76. The van der Waals surface area contributed by atoms with Gasteiger partial charge in [-0.05, 0) is 23.8 Å². The molecule has 14 heteroatoms. The number of nitrogens with zero attached hydrogens (tertiary/aromatic N) is 6. The molecule has 0 bridgehead atoms. The molecule has 5 rings (SSSR count). The van der Waals surface area contributed by atoms with Gasteiger partial charge in [0.2, 0.25) is 17.7 Å². The van der Waals surface area contributed by atoms with Crippen LogP contribution in [0.15, 0.2) is 42.7 Å². The number of likely N-dealkylation sites (tertiary alicyclic amines) is 1. The van der Waals surface area contributed by atoms with Crippen LogP contribution in [0, 0.1) is 0 Å². The lowest BCUT2D eigenvalue weighted by molar-refractivity contribution is -0.137. The molecule has 0 spiro atoms. The van der Waals surface area contributed by atoms with Crippen molar-refractivity contribution >= 4 is 34.4 Å². The number of benzene rings is 1. The zero-order valence-electron chi connectivity index (χ0n) is 18.6. The van der Waals surface area contributed by atoms with Crippen molar-refractivity contribution in [3.8, 4) is 17.0 Å². The number of hydrogen-bond acceptors (Lipinski definition) is 8. The first kappa shape index (κ1) is 22.9. The van der Waals surface area contributed by atoms with Crippen LogP contribution in [0.3, 0.4) is 0 Å². The summed E-state index contributed by atoms with van der Waals surface area (Å²) in [5.41, 5.74) is 7.47. The van der Waals surface area contributed by atoms with Crippen molar-refractivity contribution in [2.24, 2.45) is 5.73 Å². The number of primary amides is 1. The Morgan fingerprint density at radius 3 is 2.72 bits per heavy atom. The summed E-state index contributed by atoms with van der Waals surface area (Å²) in [6, 6.07) is 7.02. The number of halogens is 1. The van der Waals surface area contributed by atoms with Crippen molar-refractivity contribution in [1.82, 2.24) is 35.1 Å². The van der Waals surface area contributed by atoms with Crippen LogP contribution in [-0.2, 0) is 16.1 Å². The second-order valence-electron chi connectivity index (χ2n) is 8.26. The van der Waals surface area contributed by atoms with Crippen molar-refractivity contribution < 1.29 is 23.9 Å². The molecule has 0 saturated carbocycles. The minimum absolute atomic E-state index is 0.0286. The van der Waals surface area contributed by atoms with Crippen LogP contribution < -0.4 is 11.1 Å². The predicted molar refractivity (Wildman–Crippen MR) is 123 cm³/mol. The molecular formula is C22H20FN9O4. The molecule has 4 aromatic rings. The van der Waals surface area contributed by atoms with E-state index in [9.17, 15) is 23.9 Å². The van der Waals surface area contributed by atoms with E-state index in [1.165, 1.54) is 16.9 Å². The van der Waals surface area contributed by atoms with E-state index < -0.39 is 29.9 Å². The lowest BCUT2D eigenvalue weighted by Gasteiger charge is -2.23. The fourth-order valence-corrected chi connectivity index (χ4v) is 4.24. The van der Waals surface area contributed by atoms with Gasteiger partial charge in [0, 0.05) is 23.4 Å². The van der Waals surface area contributed by atoms with Crippen LogP contribution in [0.1, 0.15) is 16.9 Å². The van der Waals surface area contributed by atoms with Gasteiger partial charge in [-0.25, -0.2) is 9.49 Å². The molecule has 1 aliphatic rings. The Morgan fingerprint density at radius 1 is 1.19 bits per heavy atom. The normalized spacial score (nSPS) is 17.4. The highest BCUT2D eigenvalue weighted by Crippen LogP contribution is 2.27. The number of carbonyl (C=O) groups excluding carboxylic acids is 3. The van der Waals surface area contributed by atoms with Gasteiger partial charge in [-0.3, -0.25) is 19.1 Å². The van der Waals surface area contributed by atoms with Gasteiger partial charge in [-0.15, -0.1) is 0 Å². The molecule has 0 radical (unpaired) electrons. The maximum absolute atomic E-state index is 14.3. The number of aromatic nitrogens is 6. The summed E-state index contributed by atoms with van der Waals surface area (Å²) in [7, 11) is 0. The predicted octanol–water partition coefficient (Wildman–Crippen LogP) is 0.599. The highest BCUT2D eigenvalue weighted by atomic mass is 19.1. The molecule has 3 amide bonds. The van der Waals surface area contributed by atoms with Gasteiger partial charge in [-0.1, -0.05) is 6.07 Å². The van der Waals surface area contributed by atoms with E-state index in [1.807, 2.05) is 0 Å². The van der Waals surface area contributed by atoms with E-state index in [0.29, 0.717) is 10.9 Å². The molecular weight excluding hydrogens is 473 g/mol. The summed E-state index contributed by atoms with van der Waals surface area (Å²) < 4.78 is 15.6. The second kappa shape index (κ2) is 9.05. The van der Waals surface area contributed by atoms with E-state index >= 15 is 0 Å². The Morgan fingerprint density at radius 2 is 2.03 bits per heavy atom. The largest absolute Gasteiger partial charge is 0.494 e. The summed E-state index contributed by atoms with van der Waals surface area (Å²) in [4.78, 5) is 39.1. The van der Waals surface area contributed by atoms with Crippen molar-refractivity contribution in [3.05, 3.63) is 48.4 Å². The van der Waals surface area contributed by atoms with E-state index in [4.69, 9.17) is 5.73 Å². The number of aromatic hydroxyl groups is 1. The number of anilines is 1. The van der Waals surface area contributed by atoms with Gasteiger partial charge >= 0.3 is 0 Å². The van der Waals surface area contributed by atoms with Crippen molar-refractivity contribution in [1.29, 1.82) is 0 Å². The van der Waals surface area contributed by atoms with Crippen LogP contribution in [-0.4, -0.2) is 76.7 Å². The third-order valence-electron chi connectivity index (χ3n) is 5.88. The molecule has 36 heavy (non-hydrogen) atoms. The molecule has 184 valence electrons. The minimum atomic E-state index is -1.40. The molecule has 5 N–H and O–H groups in total. The summed E-state index contributed by atoms with van der Waals surface area (Å²) in [6.45, 7) is -0.622. The van der Waals surface area contributed by atoms with Crippen molar-refractivity contribution in [3.63, 3.8) is 0 Å². The molecule has 13 nitrogen and oxygen atoms in total. The summed E-state index contributed by atoms with van der Waals surface area (Å²) in [5, 5.41) is 30.0. The van der Waals surface area contributed by atoms with Gasteiger partial charge < -0.3 is 21.1 Å². The van der Waals surface area contributed by atoms with Gasteiger partial charge in [-0.2, -0.15) is 20.4 Å². The first-order valence-electron chi connectivity index (χ1n) is 10.9. The SMILES string of the molecule is NC(=O)c1nn(CC(=O)N2CC(F)CC2C(=O)Nc2cc(O)[nH]n2)c2ccc(-c3ccnnc3)cc12. The number of aromatic amines is 1. The topological polar surface area (TPSA) is 185 Å². The zero-order valence-corrected chi connectivity index (χ0v) is 18.6. The number of nitrogens with one attached hydrogen (secondary N) is 2. The smallest absolute Gasteiger partial charge is 0.269 e. The number of hydrogen-bond donors (Lipinski definition) is 4. The van der Waals surface area contributed by atoms with Crippen LogP contribution >= 0.6 is 0 Å². The summed E-state index contributed by atoms with van der Waals surface area (Å²) in [5.74, 6) is -2.21. The molecule has 0 aliphatic carbocycles. The van der Waals surface area contributed by atoms with Gasteiger partial charge in [0.05, 0.1) is 24.5 Å². The van der Waals surface area contributed by atoms with Crippen LogP contribution in [0.25, 0.3) is 22.0 Å². The van der Waals surface area contributed by atoms with E-state index in [-0.39, 0.29) is 36.9 Å². The monoisotopic (exact) mass is 493 g/mol. The molecule has 2 unspecified atom stereocenters. The Hall–Kier alpha value is -4.88. The van der Waals surface area contributed by atoms with Crippen LogP contribution in [0.4, 0.5) is 10.2 Å². The molecule has 3 aromatic heterocycles. The fraction of sp³-hybridized carbons (Fsp3) is 0.227. The van der Waals surface area contributed by atoms with Crippen LogP contribution in [0.2, 0.25) is 0 Å². The second-order valence-corrected chi connectivity index (χ2v) is 8.26.